The molecule has 13 heavy (non-hydrogen) atoms. The fourth-order valence-corrected chi connectivity index (χ4v) is 3.58. The van der Waals surface area contributed by atoms with Crippen molar-refractivity contribution in [2.75, 3.05) is 0 Å². The van der Waals surface area contributed by atoms with Gasteiger partial charge in [-0.3, -0.25) is 0 Å². The molecule has 1 heterocycles. The van der Waals surface area contributed by atoms with E-state index in [9.17, 15) is 10.4 Å². The van der Waals surface area contributed by atoms with E-state index in [1.165, 1.54) is 0 Å². The van der Waals surface area contributed by atoms with Crippen LogP contribution in [0.15, 0.2) is 0 Å². The van der Waals surface area contributed by atoms with Crippen molar-refractivity contribution in [1.82, 2.24) is 0 Å². The Balaban J connectivity index is 1.92. The molecule has 0 amide bonds. The third kappa shape index (κ3) is 0.884. The van der Waals surface area contributed by atoms with Gasteiger partial charge in [-0.1, -0.05) is 6.92 Å². The number of hydroxylamine groups is 4. The summed E-state index contributed by atoms with van der Waals surface area (Å²) in [6.07, 6.45) is 2.17. The SMILES string of the molecule is CC1CC2CC1C1C2[NH+]([O-])O[NH+]1[O-]. The molecule has 0 aromatic heterocycles. The van der Waals surface area contributed by atoms with E-state index in [0.29, 0.717) is 17.8 Å². The number of quaternary nitrogens is 2. The maximum atomic E-state index is 11.4. The summed E-state index contributed by atoms with van der Waals surface area (Å²) in [6.45, 7) is 2.18. The molecule has 0 radical (unpaired) electrons. The summed E-state index contributed by atoms with van der Waals surface area (Å²) >= 11 is 0. The molecule has 7 unspecified atom stereocenters. The van der Waals surface area contributed by atoms with Crippen LogP contribution in [-0.4, -0.2) is 12.1 Å². The molecule has 0 aromatic rings. The first-order valence-electron chi connectivity index (χ1n) is 4.94. The molecule has 2 N–H and O–H groups in total. The molecular formula is C8H14N2O3. The van der Waals surface area contributed by atoms with Crippen molar-refractivity contribution in [1.29, 1.82) is 0 Å². The largest absolute Gasteiger partial charge is 0.595 e. The van der Waals surface area contributed by atoms with Crippen molar-refractivity contribution >= 4 is 0 Å². The summed E-state index contributed by atoms with van der Waals surface area (Å²) in [6, 6.07) is -0.157. The Morgan fingerprint density at radius 2 is 1.85 bits per heavy atom. The van der Waals surface area contributed by atoms with Crippen LogP contribution < -0.4 is 10.5 Å². The predicted molar refractivity (Wildman–Crippen MR) is 42.7 cm³/mol. The van der Waals surface area contributed by atoms with Crippen LogP contribution in [0.25, 0.3) is 0 Å². The van der Waals surface area contributed by atoms with Crippen molar-refractivity contribution < 1.29 is 15.4 Å². The summed E-state index contributed by atoms with van der Waals surface area (Å²) in [5.74, 6) is 1.46. The van der Waals surface area contributed by atoms with E-state index >= 15 is 0 Å². The summed E-state index contributed by atoms with van der Waals surface area (Å²) < 4.78 is 0. The molecule has 5 nitrogen and oxygen atoms in total. The Morgan fingerprint density at radius 1 is 1.15 bits per heavy atom. The van der Waals surface area contributed by atoms with Gasteiger partial charge in [0.2, 0.25) is 0 Å². The van der Waals surface area contributed by atoms with Crippen molar-refractivity contribution in [3.8, 4) is 0 Å². The number of fused-ring (bicyclic) bond motifs is 5. The molecule has 1 saturated heterocycles. The molecule has 1 aliphatic heterocycles. The van der Waals surface area contributed by atoms with E-state index in [1.807, 2.05) is 0 Å². The van der Waals surface area contributed by atoms with E-state index < -0.39 is 0 Å². The first-order valence-corrected chi connectivity index (χ1v) is 4.94. The van der Waals surface area contributed by atoms with Gasteiger partial charge >= 0.3 is 0 Å². The Kier molecular flexibility index (Phi) is 1.52. The Bertz CT molecular complexity index is 237. The monoisotopic (exact) mass is 186 g/mol. The van der Waals surface area contributed by atoms with E-state index in [4.69, 9.17) is 0 Å². The summed E-state index contributed by atoms with van der Waals surface area (Å²) in [5, 5.41) is 22.2. The maximum absolute atomic E-state index is 11.4. The second kappa shape index (κ2) is 2.43. The number of hydrogen-bond donors (Lipinski definition) is 2. The van der Waals surface area contributed by atoms with Gasteiger partial charge in [0.25, 0.3) is 0 Å². The molecule has 2 bridgehead atoms. The van der Waals surface area contributed by atoms with Crippen LogP contribution >= 0.6 is 0 Å². The van der Waals surface area contributed by atoms with Gasteiger partial charge in [0.15, 0.2) is 12.1 Å². The minimum Gasteiger partial charge on any atom is -0.595 e. The first-order chi connectivity index (χ1) is 6.18. The molecule has 0 spiro atoms. The molecule has 2 saturated carbocycles. The molecule has 5 heteroatoms. The van der Waals surface area contributed by atoms with Crippen LogP contribution in [0.3, 0.4) is 0 Å². The minimum atomic E-state index is -0.256. The normalized spacial score (nSPS) is 64.4. The van der Waals surface area contributed by atoms with Gasteiger partial charge in [0.1, 0.15) is 0 Å². The van der Waals surface area contributed by atoms with Crippen molar-refractivity contribution in [2.45, 2.75) is 31.8 Å². The van der Waals surface area contributed by atoms with Gasteiger partial charge in [0.05, 0.1) is 0 Å². The fourth-order valence-electron chi connectivity index (χ4n) is 3.58. The van der Waals surface area contributed by atoms with Crippen molar-refractivity contribution in [2.24, 2.45) is 17.8 Å². The molecular weight excluding hydrogens is 172 g/mol. The van der Waals surface area contributed by atoms with Gasteiger partial charge in [-0.05, 0) is 23.7 Å². The first kappa shape index (κ1) is 8.14. The maximum Gasteiger partial charge on any atom is 0.181 e. The lowest BCUT2D eigenvalue weighted by Crippen LogP contribution is -3.18. The van der Waals surface area contributed by atoms with Gasteiger partial charge in [-0.2, -0.15) is 10.5 Å². The van der Waals surface area contributed by atoms with E-state index in [2.05, 4.69) is 11.9 Å². The lowest BCUT2D eigenvalue weighted by Gasteiger charge is -2.27. The van der Waals surface area contributed by atoms with Crippen LogP contribution in [0.1, 0.15) is 19.8 Å². The topological polar surface area (TPSA) is 64.2 Å². The van der Waals surface area contributed by atoms with E-state index in [1.54, 1.807) is 0 Å². The van der Waals surface area contributed by atoms with Crippen molar-refractivity contribution in [3.05, 3.63) is 10.4 Å². The summed E-state index contributed by atoms with van der Waals surface area (Å²) in [4.78, 5) is 4.68. The zero-order valence-corrected chi connectivity index (χ0v) is 7.53. The second-order valence-electron chi connectivity index (χ2n) is 4.66. The number of rotatable bonds is 0. The highest BCUT2D eigenvalue weighted by Gasteiger charge is 2.63. The minimum absolute atomic E-state index is 0.0753. The van der Waals surface area contributed by atoms with Crippen LogP contribution in [-0.2, 0) is 4.94 Å². The molecule has 7 atom stereocenters. The lowest BCUT2D eigenvalue weighted by atomic mass is 9.84. The van der Waals surface area contributed by atoms with Crippen LogP contribution in [0.4, 0.5) is 0 Å². The average Bonchev–Trinajstić information content (AvgIpc) is 2.64. The highest BCUT2D eigenvalue weighted by Crippen LogP contribution is 2.47. The Morgan fingerprint density at radius 3 is 2.62 bits per heavy atom. The van der Waals surface area contributed by atoms with Crippen LogP contribution in [0, 0.1) is 28.2 Å². The molecule has 3 rings (SSSR count). The molecule has 74 valence electrons. The number of hydrogen-bond acceptors (Lipinski definition) is 3. The van der Waals surface area contributed by atoms with Crippen molar-refractivity contribution in [3.63, 3.8) is 0 Å². The van der Waals surface area contributed by atoms with Crippen LogP contribution in [0.5, 0.6) is 0 Å². The molecule has 3 fully saturated rings. The van der Waals surface area contributed by atoms with Gasteiger partial charge in [-0.25, -0.2) is 0 Å². The molecule has 0 aromatic carbocycles. The zero-order chi connectivity index (χ0) is 9.16. The molecule has 3 aliphatic rings. The Hall–Kier alpha value is -0.200. The summed E-state index contributed by atoms with van der Waals surface area (Å²) in [5.41, 5.74) is 0. The van der Waals surface area contributed by atoms with E-state index in [-0.39, 0.29) is 22.5 Å². The zero-order valence-electron chi connectivity index (χ0n) is 7.53. The van der Waals surface area contributed by atoms with Gasteiger partial charge < -0.3 is 10.4 Å². The predicted octanol–water partition coefficient (Wildman–Crippen LogP) is -1.97. The highest BCUT2D eigenvalue weighted by atomic mass is 17.1. The third-order valence-electron chi connectivity index (χ3n) is 4.08. The smallest absolute Gasteiger partial charge is 0.181 e. The Labute approximate surface area is 76.3 Å². The van der Waals surface area contributed by atoms with Gasteiger partial charge in [-0.15, -0.1) is 0 Å². The van der Waals surface area contributed by atoms with Crippen LogP contribution in [0.2, 0.25) is 0 Å². The summed E-state index contributed by atoms with van der Waals surface area (Å²) in [7, 11) is 0. The standard InChI is InChI=1S/C8H14N2O3/c1-4-2-5-3-6(4)8-7(5)9(11)13-10(8)12/h4-10H,2-3H2,1H3. The quantitative estimate of drug-likeness (QED) is 0.431. The van der Waals surface area contributed by atoms with Gasteiger partial charge in [0, 0.05) is 11.8 Å². The highest BCUT2D eigenvalue weighted by molar-refractivity contribution is 5.00. The third-order valence-corrected chi connectivity index (χ3v) is 4.08. The molecule has 2 aliphatic carbocycles. The average molecular weight is 186 g/mol. The van der Waals surface area contributed by atoms with E-state index in [0.717, 1.165) is 12.8 Å². The fraction of sp³-hybridized carbons (Fsp3) is 1.00. The lowest BCUT2D eigenvalue weighted by molar-refractivity contribution is -1.28. The second-order valence-corrected chi connectivity index (χ2v) is 4.66. The number of nitrogens with one attached hydrogen (secondary N) is 2.